The zero-order chi connectivity index (χ0) is 16.5. The van der Waals surface area contributed by atoms with Gasteiger partial charge in [-0.25, -0.2) is 4.79 Å². The summed E-state index contributed by atoms with van der Waals surface area (Å²) in [5, 5.41) is 4.26. The van der Waals surface area contributed by atoms with E-state index < -0.39 is 5.60 Å². The lowest BCUT2D eigenvalue weighted by Crippen LogP contribution is -2.51. The van der Waals surface area contributed by atoms with Crippen LogP contribution < -0.4 is 0 Å². The molecule has 6 heteroatoms. The van der Waals surface area contributed by atoms with Crippen molar-refractivity contribution in [3.8, 4) is 0 Å². The summed E-state index contributed by atoms with van der Waals surface area (Å²) in [6, 6.07) is 0.317. The third kappa shape index (κ3) is 3.67. The summed E-state index contributed by atoms with van der Waals surface area (Å²) in [7, 11) is 0. The van der Waals surface area contributed by atoms with Gasteiger partial charge >= 0.3 is 6.09 Å². The molecule has 0 radical (unpaired) electrons. The molecule has 2 heterocycles. The third-order valence-corrected chi connectivity index (χ3v) is 3.91. The van der Waals surface area contributed by atoms with Crippen LogP contribution in [0, 0.1) is 0 Å². The van der Waals surface area contributed by atoms with Crippen molar-refractivity contribution in [3.05, 3.63) is 18.0 Å². The van der Waals surface area contributed by atoms with Crippen molar-refractivity contribution in [2.45, 2.75) is 71.2 Å². The number of rotatable bonds is 2. The molecule has 2 rings (SSSR count). The van der Waals surface area contributed by atoms with Crippen LogP contribution in [0.3, 0.4) is 0 Å². The minimum absolute atomic E-state index is 0.0625. The predicted octanol–water partition coefficient (Wildman–Crippen LogP) is 3.04. The Balaban J connectivity index is 2.08. The second kappa shape index (κ2) is 6.10. The van der Waals surface area contributed by atoms with Crippen LogP contribution >= 0.6 is 0 Å². The quantitative estimate of drug-likeness (QED) is 0.788. The fourth-order valence-corrected chi connectivity index (χ4v) is 3.05. The SMILES string of the molecule is CC1CC(n2cc(C=O)cn2)CC(C)N1C(=O)OC(C)(C)C. The van der Waals surface area contributed by atoms with Crippen molar-refractivity contribution in [2.24, 2.45) is 0 Å². The van der Waals surface area contributed by atoms with Crippen molar-refractivity contribution >= 4 is 12.4 Å². The molecule has 1 fully saturated rings. The van der Waals surface area contributed by atoms with Crippen LogP contribution in [0.2, 0.25) is 0 Å². The van der Waals surface area contributed by atoms with Gasteiger partial charge in [0, 0.05) is 18.3 Å². The molecule has 0 bridgehead atoms. The van der Waals surface area contributed by atoms with E-state index in [1.807, 2.05) is 44.2 Å². The average molecular weight is 307 g/mol. The van der Waals surface area contributed by atoms with Crippen molar-refractivity contribution in [3.63, 3.8) is 0 Å². The van der Waals surface area contributed by atoms with Crippen LogP contribution in [0.25, 0.3) is 0 Å². The lowest BCUT2D eigenvalue weighted by atomic mass is 9.93. The third-order valence-electron chi connectivity index (χ3n) is 3.91. The summed E-state index contributed by atoms with van der Waals surface area (Å²) in [5.41, 5.74) is 0.0867. The highest BCUT2D eigenvalue weighted by Gasteiger charge is 2.37. The zero-order valence-electron chi connectivity index (χ0n) is 13.9. The van der Waals surface area contributed by atoms with E-state index in [0.717, 1.165) is 19.1 Å². The molecule has 6 nitrogen and oxygen atoms in total. The average Bonchev–Trinajstić information content (AvgIpc) is 2.84. The number of hydrogen-bond donors (Lipinski definition) is 0. The molecule has 0 N–H and O–H groups in total. The van der Waals surface area contributed by atoms with Gasteiger partial charge in [0.25, 0.3) is 0 Å². The molecule has 1 aromatic rings. The van der Waals surface area contributed by atoms with Gasteiger partial charge in [0.15, 0.2) is 6.29 Å². The van der Waals surface area contributed by atoms with E-state index in [4.69, 9.17) is 4.74 Å². The first-order valence-electron chi connectivity index (χ1n) is 7.72. The molecule has 1 aliphatic rings. The lowest BCUT2D eigenvalue weighted by molar-refractivity contribution is -0.00692. The Labute approximate surface area is 131 Å². The Morgan fingerprint density at radius 3 is 2.36 bits per heavy atom. The first-order valence-corrected chi connectivity index (χ1v) is 7.72. The van der Waals surface area contributed by atoms with Gasteiger partial charge in [0.2, 0.25) is 0 Å². The predicted molar refractivity (Wildman–Crippen MR) is 82.9 cm³/mol. The second-order valence-electron chi connectivity index (χ2n) is 7.08. The fourth-order valence-electron chi connectivity index (χ4n) is 3.05. The van der Waals surface area contributed by atoms with Crippen LogP contribution in [-0.4, -0.2) is 44.7 Å². The standard InChI is InChI=1S/C16H25N3O3/c1-11-6-14(18-9-13(10-20)8-17-18)7-12(2)19(11)15(21)22-16(3,4)5/h8-12,14H,6-7H2,1-5H3. The number of ether oxygens (including phenoxy) is 1. The van der Waals surface area contributed by atoms with Crippen molar-refractivity contribution in [1.82, 2.24) is 14.7 Å². The molecule has 1 aromatic heterocycles. The molecule has 122 valence electrons. The highest BCUT2D eigenvalue weighted by molar-refractivity contribution is 5.73. The maximum Gasteiger partial charge on any atom is 0.410 e. The molecule has 0 aliphatic carbocycles. The number of aromatic nitrogens is 2. The van der Waals surface area contributed by atoms with Gasteiger partial charge in [-0.3, -0.25) is 9.48 Å². The van der Waals surface area contributed by atoms with E-state index in [1.54, 1.807) is 12.4 Å². The van der Waals surface area contributed by atoms with Crippen LogP contribution in [0.1, 0.15) is 63.9 Å². The van der Waals surface area contributed by atoms with E-state index in [2.05, 4.69) is 5.10 Å². The summed E-state index contributed by atoms with van der Waals surface area (Å²) in [5.74, 6) is 0. The van der Waals surface area contributed by atoms with Gasteiger partial charge in [-0.05, 0) is 47.5 Å². The molecule has 2 unspecified atom stereocenters. The van der Waals surface area contributed by atoms with Gasteiger partial charge in [-0.2, -0.15) is 5.10 Å². The monoisotopic (exact) mass is 307 g/mol. The normalized spacial score (nSPS) is 25.9. The first kappa shape index (κ1) is 16.5. The number of carbonyl (C=O) groups is 2. The molecule has 1 aliphatic heterocycles. The molecule has 22 heavy (non-hydrogen) atoms. The number of piperidine rings is 1. The van der Waals surface area contributed by atoms with E-state index >= 15 is 0 Å². The van der Waals surface area contributed by atoms with Crippen molar-refractivity contribution in [2.75, 3.05) is 0 Å². The smallest absolute Gasteiger partial charge is 0.410 e. The van der Waals surface area contributed by atoms with E-state index in [0.29, 0.717) is 5.56 Å². The molecule has 0 spiro atoms. The lowest BCUT2D eigenvalue weighted by Gasteiger charge is -2.42. The maximum absolute atomic E-state index is 12.4. The number of amides is 1. The van der Waals surface area contributed by atoms with Crippen LogP contribution in [0.15, 0.2) is 12.4 Å². The molecule has 0 aromatic carbocycles. The van der Waals surface area contributed by atoms with E-state index in [-0.39, 0.29) is 24.2 Å². The fraction of sp³-hybridized carbons (Fsp3) is 0.688. The van der Waals surface area contributed by atoms with Crippen LogP contribution in [-0.2, 0) is 4.74 Å². The van der Waals surface area contributed by atoms with Gasteiger partial charge in [0.05, 0.1) is 17.8 Å². The Bertz CT molecular complexity index is 535. The van der Waals surface area contributed by atoms with E-state index in [9.17, 15) is 9.59 Å². The van der Waals surface area contributed by atoms with Crippen molar-refractivity contribution < 1.29 is 14.3 Å². The Hall–Kier alpha value is -1.85. The number of nitrogens with zero attached hydrogens (tertiary/aromatic N) is 3. The van der Waals surface area contributed by atoms with Crippen LogP contribution in [0.4, 0.5) is 4.79 Å². The van der Waals surface area contributed by atoms with Crippen molar-refractivity contribution in [1.29, 1.82) is 0 Å². The first-order chi connectivity index (χ1) is 10.2. The number of hydrogen-bond acceptors (Lipinski definition) is 4. The minimum Gasteiger partial charge on any atom is -0.444 e. The summed E-state index contributed by atoms with van der Waals surface area (Å²) >= 11 is 0. The van der Waals surface area contributed by atoms with Gasteiger partial charge in [-0.15, -0.1) is 0 Å². The van der Waals surface area contributed by atoms with Gasteiger partial charge in [-0.1, -0.05) is 0 Å². The molecule has 2 atom stereocenters. The summed E-state index contributed by atoms with van der Waals surface area (Å²) in [4.78, 5) is 25.0. The molecule has 0 saturated carbocycles. The molecular formula is C16H25N3O3. The number of likely N-dealkylation sites (tertiary alicyclic amines) is 1. The highest BCUT2D eigenvalue weighted by Crippen LogP contribution is 2.32. The summed E-state index contributed by atoms with van der Waals surface area (Å²) in [6.45, 7) is 9.67. The van der Waals surface area contributed by atoms with Crippen LogP contribution in [0.5, 0.6) is 0 Å². The number of aldehydes is 1. The highest BCUT2D eigenvalue weighted by atomic mass is 16.6. The van der Waals surface area contributed by atoms with Gasteiger partial charge in [0.1, 0.15) is 5.60 Å². The second-order valence-corrected chi connectivity index (χ2v) is 7.08. The molecule has 1 saturated heterocycles. The molecule has 1 amide bonds. The zero-order valence-corrected chi connectivity index (χ0v) is 13.9. The Morgan fingerprint density at radius 2 is 1.91 bits per heavy atom. The Kier molecular flexibility index (Phi) is 4.58. The summed E-state index contributed by atoms with van der Waals surface area (Å²) < 4.78 is 7.34. The van der Waals surface area contributed by atoms with Gasteiger partial charge < -0.3 is 9.64 Å². The number of carbonyl (C=O) groups excluding carboxylic acids is 2. The maximum atomic E-state index is 12.4. The Morgan fingerprint density at radius 1 is 1.32 bits per heavy atom. The summed E-state index contributed by atoms with van der Waals surface area (Å²) in [6.07, 6.45) is 5.46. The topological polar surface area (TPSA) is 64.4 Å². The van der Waals surface area contributed by atoms with E-state index in [1.165, 1.54) is 0 Å². The minimum atomic E-state index is -0.492. The largest absolute Gasteiger partial charge is 0.444 e. The molecular weight excluding hydrogens is 282 g/mol.